The van der Waals surface area contributed by atoms with Gasteiger partial charge in [-0.3, -0.25) is 0 Å². The van der Waals surface area contributed by atoms with Crippen molar-refractivity contribution in [2.75, 3.05) is 0 Å². The number of hydrogen-bond donors (Lipinski definition) is 0. The molecule has 3 saturated carbocycles. The molecule has 3 rings (SSSR count). The van der Waals surface area contributed by atoms with Gasteiger partial charge in [0, 0.05) is 34.2 Å². The topological polar surface area (TPSA) is 120 Å². The third-order valence-electron chi connectivity index (χ3n) is 12.4. The molecule has 52 heavy (non-hydrogen) atoms. The van der Waals surface area contributed by atoms with E-state index in [2.05, 4.69) is 83.1 Å². The Hall–Kier alpha value is -1.06. The molecule has 7 heteroatoms. The van der Waals surface area contributed by atoms with E-state index < -0.39 is 34.2 Å². The minimum atomic E-state index is -0.795. The molecule has 300 valence electrons. The van der Waals surface area contributed by atoms with E-state index >= 15 is 0 Å². The van der Waals surface area contributed by atoms with Gasteiger partial charge in [-0.05, 0) is 130 Å². The smallest absolute Gasteiger partial charge is 0.550 e. The second-order valence-electron chi connectivity index (χ2n) is 19.8. The molecule has 3 aliphatic rings. The summed E-state index contributed by atoms with van der Waals surface area (Å²) in [6, 6.07) is 0. The Labute approximate surface area is 332 Å². The van der Waals surface area contributed by atoms with Crippen molar-refractivity contribution < 1.29 is 29.7 Å². The minimum Gasteiger partial charge on any atom is -0.550 e. The van der Waals surface area contributed by atoms with E-state index in [1.165, 1.54) is 19.3 Å². The van der Waals surface area contributed by atoms with Crippen LogP contribution in [0, 0.1) is 69.5 Å². The summed E-state index contributed by atoms with van der Waals surface area (Å²) in [6.07, 6.45) is 17.8. The second-order valence-corrected chi connectivity index (χ2v) is 19.8. The Morgan fingerprint density at radius 2 is 0.635 bits per heavy atom. The third-order valence-corrected chi connectivity index (χ3v) is 12.4. The predicted octanol–water partition coefficient (Wildman–Crippen LogP) is 8.63. The maximum absolute atomic E-state index is 11.7. The first-order chi connectivity index (χ1) is 23.6. The van der Waals surface area contributed by atoms with E-state index in [9.17, 15) is 29.7 Å². The first kappa shape index (κ1) is 50.9. The SMILES string of the molecule is CC(C)CC1CCCCC1(CC(C)C)C(=O)[O-].CC(C)CC1CCCCC1(CC(C)C)C(=O)[O-].CC(C)CC1CCCCC1(CC(C)C)C(=O)[O-].[Al+3]. The van der Waals surface area contributed by atoms with Crippen molar-refractivity contribution in [3.63, 3.8) is 0 Å². The Kier molecular flexibility index (Phi) is 23.3. The van der Waals surface area contributed by atoms with Gasteiger partial charge < -0.3 is 29.7 Å². The van der Waals surface area contributed by atoms with Crippen LogP contribution in [0.15, 0.2) is 0 Å². The zero-order chi connectivity index (χ0) is 39.2. The number of hydrogen-bond acceptors (Lipinski definition) is 6. The van der Waals surface area contributed by atoms with Crippen molar-refractivity contribution in [3.8, 4) is 0 Å². The number of carbonyl (C=O) groups excluding carboxylic acids is 3. The van der Waals surface area contributed by atoms with Gasteiger partial charge >= 0.3 is 17.4 Å². The fourth-order valence-electron chi connectivity index (χ4n) is 10.7. The Balaban J connectivity index is 0.000000743. The van der Waals surface area contributed by atoms with Gasteiger partial charge in [0.25, 0.3) is 0 Å². The van der Waals surface area contributed by atoms with Crippen LogP contribution in [0.1, 0.15) is 199 Å². The van der Waals surface area contributed by atoms with Crippen LogP contribution in [-0.4, -0.2) is 35.3 Å². The van der Waals surface area contributed by atoms with Gasteiger partial charge in [-0.2, -0.15) is 0 Å². The summed E-state index contributed by atoms with van der Waals surface area (Å²) in [5.74, 6) is 1.60. The summed E-state index contributed by atoms with van der Waals surface area (Å²) in [4.78, 5) is 35.1. The number of carboxylic acids is 3. The Morgan fingerprint density at radius 1 is 0.423 bits per heavy atom. The molecule has 6 nitrogen and oxygen atoms in total. The molecule has 0 saturated heterocycles. The number of carboxylic acid groups (broad SMARTS) is 3. The largest absolute Gasteiger partial charge is 3.00 e. The van der Waals surface area contributed by atoms with E-state index in [0.29, 0.717) is 53.3 Å². The number of aliphatic carboxylic acids is 3. The van der Waals surface area contributed by atoms with Gasteiger partial charge in [-0.15, -0.1) is 0 Å². The zero-order valence-electron chi connectivity index (χ0n) is 36.0. The van der Waals surface area contributed by atoms with E-state index in [4.69, 9.17) is 0 Å². The molecule has 0 radical (unpaired) electrons. The zero-order valence-corrected chi connectivity index (χ0v) is 37.1. The molecule has 3 fully saturated rings. The molecule has 6 atom stereocenters. The Bertz CT molecular complexity index is 908. The van der Waals surface area contributed by atoms with Crippen LogP contribution >= 0.6 is 0 Å². The van der Waals surface area contributed by atoms with Crippen LogP contribution in [0.5, 0.6) is 0 Å². The molecule has 3 aliphatic carbocycles. The molecule has 0 heterocycles. The van der Waals surface area contributed by atoms with Crippen LogP contribution in [0.25, 0.3) is 0 Å². The maximum Gasteiger partial charge on any atom is 3.00 e. The van der Waals surface area contributed by atoms with E-state index in [-0.39, 0.29) is 17.4 Å². The van der Waals surface area contributed by atoms with Crippen molar-refractivity contribution in [2.24, 2.45) is 69.5 Å². The van der Waals surface area contributed by atoms with Gasteiger partial charge in [-0.1, -0.05) is 122 Å². The summed E-state index contributed by atoms with van der Waals surface area (Å²) in [6.45, 7) is 25.8. The molecule has 0 spiro atoms. The van der Waals surface area contributed by atoms with Crippen molar-refractivity contribution in [1.29, 1.82) is 0 Å². The molecule has 0 bridgehead atoms. The van der Waals surface area contributed by atoms with Gasteiger partial charge in [0.1, 0.15) is 0 Å². The van der Waals surface area contributed by atoms with Crippen LogP contribution in [0.2, 0.25) is 0 Å². The molecule has 0 aromatic rings. The summed E-state index contributed by atoms with van der Waals surface area (Å²) in [5.41, 5.74) is -1.63. The van der Waals surface area contributed by atoms with Crippen molar-refractivity contribution >= 4 is 35.3 Å². The predicted molar refractivity (Wildman–Crippen MR) is 211 cm³/mol. The molecule has 0 aromatic heterocycles. The van der Waals surface area contributed by atoms with Gasteiger partial charge in [0.2, 0.25) is 0 Å². The normalized spacial score (nSPS) is 29.3. The number of rotatable bonds is 15. The summed E-state index contributed by atoms with van der Waals surface area (Å²) in [7, 11) is 0. The molecule has 0 amide bonds. The van der Waals surface area contributed by atoms with Crippen molar-refractivity contribution in [3.05, 3.63) is 0 Å². The van der Waals surface area contributed by atoms with Crippen LogP contribution in [0.3, 0.4) is 0 Å². The maximum atomic E-state index is 11.7. The van der Waals surface area contributed by atoms with Crippen molar-refractivity contribution in [1.82, 2.24) is 0 Å². The number of carbonyl (C=O) groups is 3. The standard InChI is InChI=1S/3C15H28O2.Al/c3*1-11(2)9-13-7-5-6-8-15(13,14(16)17)10-12(3)4;/h3*11-13H,5-10H2,1-4H3,(H,16,17);/q;;;+3/p-3. The molecule has 0 aliphatic heterocycles. The summed E-state index contributed by atoms with van der Waals surface area (Å²) >= 11 is 0. The van der Waals surface area contributed by atoms with Gasteiger partial charge in [-0.25, -0.2) is 0 Å². The fourth-order valence-corrected chi connectivity index (χ4v) is 10.7. The Morgan fingerprint density at radius 3 is 0.788 bits per heavy atom. The quantitative estimate of drug-likeness (QED) is 0.155. The summed E-state index contributed by atoms with van der Waals surface area (Å²) in [5, 5.41) is 35.1. The second kappa shape index (κ2) is 23.8. The first-order valence-corrected chi connectivity index (χ1v) is 21.3. The average Bonchev–Trinajstić information content (AvgIpc) is 2.99. The fraction of sp³-hybridized carbons (Fsp3) is 0.933. The monoisotopic (exact) mass is 745 g/mol. The van der Waals surface area contributed by atoms with Gasteiger partial charge in [0.05, 0.1) is 0 Å². The molecule has 6 unspecified atom stereocenters. The van der Waals surface area contributed by atoms with E-state index in [0.717, 1.165) is 96.3 Å². The summed E-state index contributed by atoms with van der Waals surface area (Å²) < 4.78 is 0. The molecular formula is C45H81AlO6. The van der Waals surface area contributed by atoms with Crippen LogP contribution in [-0.2, 0) is 14.4 Å². The third kappa shape index (κ3) is 15.2. The van der Waals surface area contributed by atoms with Gasteiger partial charge in [0.15, 0.2) is 0 Å². The van der Waals surface area contributed by atoms with Crippen LogP contribution < -0.4 is 15.3 Å². The molecule has 0 aromatic carbocycles. The van der Waals surface area contributed by atoms with E-state index in [1.807, 2.05) is 0 Å². The van der Waals surface area contributed by atoms with Crippen molar-refractivity contribution in [2.45, 2.75) is 199 Å². The first-order valence-electron chi connectivity index (χ1n) is 21.3. The van der Waals surface area contributed by atoms with E-state index in [1.54, 1.807) is 0 Å². The molecule has 0 N–H and O–H groups in total. The molecular weight excluding hydrogens is 663 g/mol. The average molecular weight is 745 g/mol. The minimum absolute atomic E-state index is 0. The van der Waals surface area contributed by atoms with Crippen LogP contribution in [0.4, 0.5) is 0 Å².